The largest absolute Gasteiger partial charge is 0.521 e. The van der Waals surface area contributed by atoms with Crippen LogP contribution in [0.2, 0.25) is 0 Å². The van der Waals surface area contributed by atoms with Gasteiger partial charge in [0, 0.05) is 142 Å². The van der Waals surface area contributed by atoms with Crippen molar-refractivity contribution in [2.24, 2.45) is 0 Å². The zero-order valence-corrected chi connectivity index (χ0v) is 69.3. The number of carboxylic acids is 1. The van der Waals surface area contributed by atoms with Crippen molar-refractivity contribution in [3.63, 3.8) is 0 Å². The number of nitrogens with zero attached hydrogens (tertiary/aromatic N) is 5. The zero-order valence-electron chi connectivity index (χ0n) is 58.8. The number of aryl methyl sites for hydroxylation is 2. The first-order valence-corrected chi connectivity index (χ1v) is 32.1. The summed E-state index contributed by atoms with van der Waals surface area (Å²) < 4.78 is 49.5. The number of halogens is 4. The number of hydrogen-bond donors (Lipinski definition) is 7. The molecule has 7 aromatic carbocycles. The van der Waals surface area contributed by atoms with Gasteiger partial charge in [0.15, 0.2) is 0 Å². The van der Waals surface area contributed by atoms with Gasteiger partial charge in [0.2, 0.25) is 5.97 Å². The van der Waals surface area contributed by atoms with Crippen LogP contribution < -0.4 is 0 Å². The van der Waals surface area contributed by atoms with E-state index >= 15 is 0 Å². The predicted octanol–water partition coefficient (Wildman–Crippen LogP) is 16.7. The van der Waals surface area contributed by atoms with E-state index in [0.717, 1.165) is 69.4 Å². The Hall–Kier alpha value is -7.05. The first kappa shape index (κ1) is 100. The van der Waals surface area contributed by atoms with Crippen LogP contribution in [-0.4, -0.2) is 103 Å². The maximum absolute atomic E-state index is 12.6. The molecule has 12 rings (SSSR count). The second-order valence-electron chi connectivity index (χ2n) is 22.9. The van der Waals surface area contributed by atoms with E-state index in [1.807, 2.05) is 128 Å². The van der Waals surface area contributed by atoms with Gasteiger partial charge in [-0.1, -0.05) is 80.1 Å². The van der Waals surface area contributed by atoms with Crippen molar-refractivity contribution in [3.05, 3.63) is 319 Å². The van der Waals surface area contributed by atoms with Gasteiger partial charge >= 0.3 is 6.18 Å². The average molecular weight is 2140 g/mol. The molecule has 569 valence electrons. The molecule has 5 heterocycles. The van der Waals surface area contributed by atoms with Gasteiger partial charge in [0.25, 0.3) is 0 Å². The van der Waals surface area contributed by atoms with Crippen LogP contribution in [0.15, 0.2) is 243 Å². The molecule has 7 N–H and O–H groups in total. The number of fused-ring (bicyclic) bond motifs is 3. The minimum absolute atomic E-state index is 0. The van der Waals surface area contributed by atoms with Gasteiger partial charge < -0.3 is 60.5 Å². The summed E-state index contributed by atoms with van der Waals surface area (Å²) in [6.45, 7) is 14.1. The molecule has 6 atom stereocenters. The zero-order chi connectivity index (χ0) is 73.2. The summed E-state index contributed by atoms with van der Waals surface area (Å²) in [6.07, 6.45) is 3.60. The first-order valence-electron chi connectivity index (χ1n) is 32.1. The molecule has 0 aliphatic carbocycles. The van der Waals surface area contributed by atoms with Crippen molar-refractivity contribution >= 4 is 27.6 Å². The number of rotatable bonds is 12. The smallest absolute Gasteiger partial charge is 0.417 e. The van der Waals surface area contributed by atoms with Crippen LogP contribution in [0.5, 0.6) is 0 Å². The van der Waals surface area contributed by atoms with Gasteiger partial charge in [-0.25, -0.2) is 0 Å². The van der Waals surface area contributed by atoms with E-state index in [-0.39, 0.29) is 141 Å². The molecule has 5 aromatic heterocycles. The second kappa shape index (κ2) is 56.3. The topological polar surface area (TPSA) is 223 Å². The van der Waals surface area contributed by atoms with Crippen molar-refractivity contribution in [1.29, 1.82) is 0 Å². The Bertz CT molecular complexity index is 3960. The number of aromatic nitrogens is 5. The van der Waals surface area contributed by atoms with E-state index in [4.69, 9.17) is 35.7 Å². The number of carbonyl (C=O) groups is 1. The van der Waals surface area contributed by atoms with E-state index in [0.29, 0.717) is 30.5 Å². The van der Waals surface area contributed by atoms with Gasteiger partial charge in [0.1, 0.15) is 0 Å². The number of benzene rings is 7. The van der Waals surface area contributed by atoms with E-state index in [9.17, 15) is 22.4 Å². The molecule has 0 bridgehead atoms. The fraction of sp³-hybridized carbons (Fsp3) is 0.229. The first-order chi connectivity index (χ1) is 47.8. The Balaban J connectivity index is 0. The van der Waals surface area contributed by atoms with Crippen LogP contribution in [0.25, 0.3) is 55.4 Å². The molecule has 105 heavy (non-hydrogen) atoms. The standard InChI is InChI=1S/C13H8N.C13H12N.C12H6F4N.C12H10N.C11H8N.C7H5O2.3C5H12O2.3Ir.2Rh/c1-2-6-12-10(4-1)7-8-11-5-3-9-14-13(11)12;1-10-7-11(2)9-12(8-10)13-5-3-4-6-14-13;13-10-4-1-8(2-5-10)11-6-3-9(7-17-11)12(14,15)16;1-2-6-11(7-3-1)10-12-8-4-5-9-13-12;1-2-6-10(7-3-1)11-8-4-5-9-12-11;8-7(9)6-4-2-1-3-5-6;3*1-4(6)3-5(2)7;;;;;/h1-5,7-9H;3-8H,1-2H3;1,3-7H;1-6,8-9H,10H2;1-6,8-9H;1-4H,(H,8,9);3*4-7H,3H2,1-2H3;;;;;/q6*-1;;;;;;;;. The molecule has 0 fully saturated rings. The summed E-state index contributed by atoms with van der Waals surface area (Å²) in [5.41, 5.74) is 9.93. The Morgan fingerprint density at radius 1 is 0.457 bits per heavy atom. The van der Waals surface area contributed by atoms with Crippen LogP contribution >= 0.6 is 0 Å². The van der Waals surface area contributed by atoms with Gasteiger partial charge in [-0.15, -0.1) is 166 Å². The summed E-state index contributed by atoms with van der Waals surface area (Å²) >= 11 is 0. The molecule has 6 unspecified atom stereocenters. The van der Waals surface area contributed by atoms with Crippen LogP contribution in [0, 0.1) is 56.1 Å². The molecule has 22 heteroatoms. The number of aliphatic hydroxyl groups excluding tert-OH is 6. The van der Waals surface area contributed by atoms with Crippen molar-refractivity contribution in [2.45, 2.75) is 124 Å². The summed E-state index contributed by atoms with van der Waals surface area (Å²) in [5, 5.41) is 63.2. The van der Waals surface area contributed by atoms with Crippen LogP contribution in [0.3, 0.4) is 0 Å². The van der Waals surface area contributed by atoms with Gasteiger partial charge in [-0.2, -0.15) is 49.1 Å². The van der Waals surface area contributed by atoms with Gasteiger partial charge in [0.05, 0.1) is 42.2 Å². The summed E-state index contributed by atoms with van der Waals surface area (Å²) in [4.78, 5) is 31.0. The molecule has 0 saturated carbocycles. The van der Waals surface area contributed by atoms with Crippen LogP contribution in [-0.2, 0) is 112 Å². The number of pyridine rings is 5. The fourth-order valence-electron chi connectivity index (χ4n) is 8.90. The minimum Gasteiger partial charge on any atom is -0.521 e. The molecule has 12 aromatic rings. The molecular formula is C83H85F4Ir3N5O8Rh2-6. The van der Waals surface area contributed by atoms with Crippen molar-refractivity contribution in [2.75, 3.05) is 0 Å². The Kier molecular flexibility index (Phi) is 53.6. The average Bonchev–Trinajstić information content (AvgIpc) is 0.804. The Morgan fingerprint density at radius 2 is 0.943 bits per heavy atom. The maximum atomic E-state index is 12.6. The maximum Gasteiger partial charge on any atom is 0.417 e. The van der Waals surface area contributed by atoms with Crippen molar-refractivity contribution < 1.29 is 157 Å². The second-order valence-corrected chi connectivity index (χ2v) is 22.9. The van der Waals surface area contributed by atoms with Crippen molar-refractivity contribution in [3.8, 4) is 33.8 Å². The van der Waals surface area contributed by atoms with Crippen LogP contribution in [0.4, 0.5) is 17.6 Å². The molecule has 5 radical (unpaired) electrons. The molecule has 0 spiro atoms. The predicted molar refractivity (Wildman–Crippen MR) is 387 cm³/mol. The van der Waals surface area contributed by atoms with Gasteiger partial charge in [-0.3, -0.25) is 9.37 Å². The molecular weight excluding hydrogens is 2050 g/mol. The molecule has 0 saturated heterocycles. The molecule has 0 aliphatic rings. The molecule has 0 aliphatic heterocycles. The summed E-state index contributed by atoms with van der Waals surface area (Å²) in [6, 6.07) is 82.4. The third-order valence-corrected chi connectivity index (χ3v) is 13.1. The number of carboxylic acid groups (broad SMARTS) is 1. The quantitative estimate of drug-likeness (QED) is 0.0262. The van der Waals surface area contributed by atoms with E-state index < -0.39 is 23.5 Å². The third kappa shape index (κ3) is 43.4. The third-order valence-electron chi connectivity index (χ3n) is 13.1. The normalized spacial score (nSPS) is 11.5. The fourth-order valence-corrected chi connectivity index (χ4v) is 8.90. The number of aromatic carboxylic acids is 1. The van der Waals surface area contributed by atoms with Crippen molar-refractivity contribution in [1.82, 2.24) is 24.9 Å². The minimum atomic E-state index is -4.40. The number of aliphatic hydroxyl groups is 6. The Labute approximate surface area is 680 Å². The SMILES string of the molecule is CC(O)CC(C)O.CC(O)CC(C)O.CC(O)CC(C)O.Cc1[c-]c(-c2ccccn2)cc(C)c1.Fc1c[c-]c(-c2ccc(C(F)(F)F)cn2)cc1.O=C(O)c1[c-]cccc1.[Ir].[Ir].[Ir].[Rh].[Rh].[c-]1cccc2ccc3cccnc3c12.[c-]1ccccc1-c1ccccn1.[c-]1ccccc1Cc1ccccn1. The van der Waals surface area contributed by atoms with E-state index in [1.165, 1.54) is 46.2 Å². The molecule has 0 amide bonds. The number of hydrogen-bond acceptors (Lipinski definition) is 12. The Morgan fingerprint density at radius 3 is 1.37 bits per heavy atom. The van der Waals surface area contributed by atoms with Crippen LogP contribution in [0.1, 0.15) is 99.1 Å². The summed E-state index contributed by atoms with van der Waals surface area (Å²) in [5.74, 6) is -1.39. The molecule has 13 nitrogen and oxygen atoms in total. The van der Waals surface area contributed by atoms with Gasteiger partial charge in [-0.05, 0) is 126 Å². The van der Waals surface area contributed by atoms with E-state index in [1.54, 1.807) is 72.1 Å². The monoisotopic (exact) mass is 2140 g/mol. The number of alkyl halides is 3. The van der Waals surface area contributed by atoms with E-state index in [2.05, 4.69) is 118 Å². The summed E-state index contributed by atoms with van der Waals surface area (Å²) in [7, 11) is 0.